The third-order valence-electron chi connectivity index (χ3n) is 17.1. The molecule has 11 rings (SSSR count). The molecule has 2 aromatic heterocycles. The maximum Gasteiger partial charge on any atom is 0.135 e. The smallest absolute Gasteiger partial charge is 0.135 e. The van der Waals surface area contributed by atoms with Crippen LogP contribution in [0.5, 0.6) is 11.5 Å². The van der Waals surface area contributed by atoms with Crippen LogP contribution in [0.1, 0.15) is 154 Å². The molecule has 0 spiro atoms. The number of anilines is 4. The van der Waals surface area contributed by atoms with Crippen molar-refractivity contribution in [1.29, 1.82) is 0 Å². The van der Waals surface area contributed by atoms with Gasteiger partial charge in [-0.05, 0) is 114 Å². The van der Waals surface area contributed by atoms with Crippen molar-refractivity contribution in [2.45, 2.75) is 136 Å². The van der Waals surface area contributed by atoms with Gasteiger partial charge in [0.15, 0.2) is 0 Å². The molecule has 10 aromatic rings. The van der Waals surface area contributed by atoms with Gasteiger partial charge in [-0.3, -0.25) is 0 Å². The Labute approximate surface area is 497 Å². The first kappa shape index (κ1) is 57.0. The van der Waals surface area contributed by atoms with Crippen LogP contribution >= 0.6 is 0 Å². The molecule has 0 fully saturated rings. The van der Waals surface area contributed by atoms with Crippen LogP contribution in [0.2, 0.25) is 0 Å². The Morgan fingerprint density at radius 1 is 0.395 bits per heavy atom. The molecule has 0 radical (unpaired) electrons. The molecule has 8 aromatic carbocycles. The summed E-state index contributed by atoms with van der Waals surface area (Å²) >= 11 is 0. The molecule has 0 amide bonds. The van der Waals surface area contributed by atoms with E-state index in [0.29, 0.717) is 11.5 Å². The fourth-order valence-electron chi connectivity index (χ4n) is 11.4. The topological polar surface area (TPSA) is 33.5 Å². The monoisotopic (exact) mass is 1240 g/mol. The van der Waals surface area contributed by atoms with Gasteiger partial charge in [-0.2, -0.15) is 6.07 Å². The van der Waals surface area contributed by atoms with E-state index in [1.54, 1.807) is 0 Å². The van der Waals surface area contributed by atoms with Gasteiger partial charge in [0.25, 0.3) is 0 Å². The van der Waals surface area contributed by atoms with Crippen LogP contribution in [0, 0.1) is 18.8 Å². The van der Waals surface area contributed by atoms with E-state index in [-0.39, 0.29) is 48.1 Å². The van der Waals surface area contributed by atoms with Crippen molar-refractivity contribution in [2.24, 2.45) is 0 Å². The minimum absolute atomic E-state index is 0. The van der Waals surface area contributed by atoms with Crippen LogP contribution in [0.15, 0.2) is 188 Å². The SMILES string of the molecule is CC(C)(C)c1ccnc(-n2c3[c-]c(Oc4[c-]c(N5[CH-]N(c6cc(C(C)(C)c7ccccc7)cc(C(C)(C)c7ccccc7)c6)c6ccc(C(C)(C)C)cc65)cc(C(C)(C)c5ccccc5)c4)ccc3c3cc(C(C)(C)C)ccc32)c1.[Pt]. The number of aromatic nitrogens is 2. The Bertz CT molecular complexity index is 3860. The van der Waals surface area contributed by atoms with Crippen LogP contribution in [0.25, 0.3) is 27.6 Å². The number of rotatable bonds is 11. The first-order valence-electron chi connectivity index (χ1n) is 28.4. The van der Waals surface area contributed by atoms with Gasteiger partial charge < -0.3 is 19.1 Å². The minimum atomic E-state index is -0.414. The second-order valence-corrected chi connectivity index (χ2v) is 26.8. The molecule has 3 heterocycles. The normalized spacial score (nSPS) is 13.4. The van der Waals surface area contributed by atoms with E-state index in [1.165, 1.54) is 44.5 Å². The van der Waals surface area contributed by atoms with Gasteiger partial charge in [0.05, 0.1) is 0 Å². The van der Waals surface area contributed by atoms with Crippen LogP contribution < -0.4 is 14.5 Å². The van der Waals surface area contributed by atoms with Gasteiger partial charge in [-0.15, -0.1) is 53.6 Å². The predicted molar refractivity (Wildman–Crippen MR) is 336 cm³/mol. The number of hydrogen-bond acceptors (Lipinski definition) is 4. The second kappa shape index (κ2) is 21.0. The largest absolute Gasteiger partial charge is 0.509 e. The van der Waals surface area contributed by atoms with E-state index < -0.39 is 5.41 Å². The summed E-state index contributed by atoms with van der Waals surface area (Å²) in [4.78, 5) is 9.72. The molecule has 5 nitrogen and oxygen atoms in total. The van der Waals surface area contributed by atoms with Crippen molar-refractivity contribution >= 4 is 44.6 Å². The molecule has 0 aliphatic carbocycles. The van der Waals surface area contributed by atoms with Crippen molar-refractivity contribution in [2.75, 3.05) is 9.80 Å². The van der Waals surface area contributed by atoms with Gasteiger partial charge in [0.1, 0.15) is 5.82 Å². The summed E-state index contributed by atoms with van der Waals surface area (Å²) in [5.74, 6) is 2.04. The van der Waals surface area contributed by atoms with E-state index in [1.807, 2.05) is 6.20 Å². The molecule has 0 atom stereocenters. The molecular weight excluding hydrogens is 1170 g/mol. The molecule has 0 bridgehead atoms. The predicted octanol–water partition coefficient (Wildman–Crippen LogP) is 19.8. The Morgan fingerprint density at radius 3 is 1.44 bits per heavy atom. The van der Waals surface area contributed by atoms with Crippen LogP contribution in [0.4, 0.5) is 22.7 Å². The van der Waals surface area contributed by atoms with E-state index in [0.717, 1.165) is 55.9 Å². The minimum Gasteiger partial charge on any atom is -0.509 e. The Morgan fingerprint density at radius 2 is 0.901 bits per heavy atom. The maximum atomic E-state index is 7.17. The summed E-state index contributed by atoms with van der Waals surface area (Å²) in [7, 11) is 0. The zero-order valence-corrected chi connectivity index (χ0v) is 52.3. The summed E-state index contributed by atoms with van der Waals surface area (Å²) in [6, 6.07) is 74.4. The van der Waals surface area contributed by atoms with Gasteiger partial charge in [0, 0.05) is 72.2 Å². The summed E-state index contributed by atoms with van der Waals surface area (Å²) < 4.78 is 9.42. The average molecular weight is 1250 g/mol. The molecule has 416 valence electrons. The Balaban J connectivity index is 0.00000736. The van der Waals surface area contributed by atoms with Crippen molar-refractivity contribution in [1.82, 2.24) is 9.55 Å². The molecule has 1 aliphatic heterocycles. The quantitative estimate of drug-likeness (QED) is 0.121. The summed E-state index contributed by atoms with van der Waals surface area (Å²) in [5.41, 5.74) is 15.9. The summed E-state index contributed by atoms with van der Waals surface area (Å²) in [6.07, 6.45) is 1.93. The molecule has 6 heteroatoms. The number of hydrogen-bond donors (Lipinski definition) is 0. The van der Waals surface area contributed by atoms with Crippen LogP contribution in [0.3, 0.4) is 0 Å². The second-order valence-electron chi connectivity index (χ2n) is 26.8. The zero-order valence-electron chi connectivity index (χ0n) is 50.0. The number of nitrogens with zero attached hydrogens (tertiary/aromatic N) is 4. The standard InChI is InChI=1S/C75H77N4O.Pt/c1-70(2,3)53-31-35-65-64(44-53)63-34-33-61(48-67(63)79(65)69-46-55(37-38-76-69)72(7,8)9)80-62-43-58(75(14,15)52-29-23-18-24-30-52)42-60(47-62)78-49-77(66-36-32-54(45-68(66)78)71(4,5)6)59-40-56(73(10,11)50-25-19-16-20-26-50)39-57(41-59)74(12,13)51-27-21-17-22-28-51;/h16-46,49H,1-15H3;/q-3;. The Kier molecular flexibility index (Phi) is 14.8. The fourth-order valence-corrected chi connectivity index (χ4v) is 11.4. The van der Waals surface area contributed by atoms with E-state index in [4.69, 9.17) is 9.72 Å². The number of ether oxygens (including phenoxy) is 1. The van der Waals surface area contributed by atoms with Crippen LogP contribution in [-0.4, -0.2) is 9.55 Å². The summed E-state index contributed by atoms with van der Waals surface area (Å²) in [6.45, 7) is 36.7. The van der Waals surface area contributed by atoms with Gasteiger partial charge in [-0.25, -0.2) is 4.98 Å². The molecule has 0 saturated carbocycles. The van der Waals surface area contributed by atoms with Crippen molar-refractivity contribution in [3.8, 4) is 17.3 Å². The fraction of sp³-hybridized carbons (Fsp3) is 0.280. The third-order valence-corrected chi connectivity index (χ3v) is 17.1. The van der Waals surface area contributed by atoms with E-state index in [2.05, 4.69) is 319 Å². The van der Waals surface area contributed by atoms with Crippen LogP contribution in [-0.2, 0) is 53.6 Å². The first-order chi connectivity index (χ1) is 37.8. The van der Waals surface area contributed by atoms with E-state index in [9.17, 15) is 0 Å². The molecule has 0 unspecified atom stereocenters. The molecule has 0 N–H and O–H groups in total. The van der Waals surface area contributed by atoms with Crippen molar-refractivity contribution in [3.63, 3.8) is 0 Å². The van der Waals surface area contributed by atoms with Gasteiger partial charge >= 0.3 is 0 Å². The third kappa shape index (κ3) is 10.8. The molecule has 1 aliphatic rings. The van der Waals surface area contributed by atoms with Gasteiger partial charge in [-0.1, -0.05) is 225 Å². The maximum absolute atomic E-state index is 7.17. The number of fused-ring (bicyclic) bond motifs is 4. The van der Waals surface area contributed by atoms with Crippen molar-refractivity contribution in [3.05, 3.63) is 257 Å². The number of benzene rings is 8. The summed E-state index contributed by atoms with van der Waals surface area (Å²) in [5, 5.41) is 2.25. The Hall–Kier alpha value is -7.20. The molecule has 81 heavy (non-hydrogen) atoms. The first-order valence-corrected chi connectivity index (χ1v) is 28.4. The number of pyridine rings is 1. The average Bonchev–Trinajstić information content (AvgIpc) is 3.32. The van der Waals surface area contributed by atoms with Gasteiger partial charge in [0.2, 0.25) is 0 Å². The van der Waals surface area contributed by atoms with Crippen molar-refractivity contribution < 1.29 is 25.8 Å². The molecule has 0 saturated heterocycles. The molecular formula is C75H77N4OPt-3. The van der Waals surface area contributed by atoms with E-state index >= 15 is 0 Å². The zero-order chi connectivity index (χ0) is 56.7.